The Hall–Kier alpha value is -0.900. The van der Waals surface area contributed by atoms with E-state index in [4.69, 9.17) is 0 Å². The minimum atomic E-state index is 0.335. The largest absolute Gasteiger partial charge is 0.303 e. The third kappa shape index (κ3) is 3.53. The molecule has 0 aliphatic rings. The molecule has 2 rings (SSSR count). The van der Waals surface area contributed by atoms with Crippen LogP contribution in [0, 0.1) is 0 Å². The maximum atomic E-state index is 3.84. The smallest absolute Gasteiger partial charge is 0.0468 e. The lowest BCUT2D eigenvalue weighted by molar-refractivity contribution is 0.509. The van der Waals surface area contributed by atoms with E-state index in [9.17, 15) is 0 Å². The van der Waals surface area contributed by atoms with Crippen LogP contribution in [0.2, 0.25) is 0 Å². The first kappa shape index (κ1) is 12.6. The SMILES string of the molecule is C=CC(C)NC(Cc1cccs1)c1cccs1. The molecule has 17 heavy (non-hydrogen) atoms. The Morgan fingerprint density at radius 2 is 2.06 bits per heavy atom. The zero-order chi connectivity index (χ0) is 12.1. The zero-order valence-electron chi connectivity index (χ0n) is 9.93. The van der Waals surface area contributed by atoms with E-state index >= 15 is 0 Å². The van der Waals surface area contributed by atoms with Crippen LogP contribution in [0.4, 0.5) is 0 Å². The molecule has 3 heteroatoms. The fourth-order valence-electron chi connectivity index (χ4n) is 1.75. The van der Waals surface area contributed by atoms with Crippen LogP contribution in [0.15, 0.2) is 47.7 Å². The first-order chi connectivity index (χ1) is 8.29. The van der Waals surface area contributed by atoms with Crippen molar-refractivity contribution in [1.29, 1.82) is 0 Å². The first-order valence-corrected chi connectivity index (χ1v) is 7.50. The van der Waals surface area contributed by atoms with E-state index in [1.165, 1.54) is 9.75 Å². The van der Waals surface area contributed by atoms with Gasteiger partial charge in [-0.1, -0.05) is 18.2 Å². The average Bonchev–Trinajstić information content (AvgIpc) is 3.00. The van der Waals surface area contributed by atoms with Gasteiger partial charge >= 0.3 is 0 Å². The molecule has 2 aromatic heterocycles. The highest BCUT2D eigenvalue weighted by Crippen LogP contribution is 2.25. The van der Waals surface area contributed by atoms with Crippen LogP contribution in [-0.4, -0.2) is 6.04 Å². The van der Waals surface area contributed by atoms with Crippen LogP contribution in [0.25, 0.3) is 0 Å². The molecule has 0 aliphatic carbocycles. The monoisotopic (exact) mass is 263 g/mol. The van der Waals surface area contributed by atoms with Crippen molar-refractivity contribution in [2.75, 3.05) is 0 Å². The van der Waals surface area contributed by atoms with Gasteiger partial charge in [-0.25, -0.2) is 0 Å². The molecule has 0 saturated carbocycles. The summed E-state index contributed by atoms with van der Waals surface area (Å²) in [5.74, 6) is 0. The molecule has 2 unspecified atom stereocenters. The Kier molecular flexibility index (Phi) is 4.54. The lowest BCUT2D eigenvalue weighted by Crippen LogP contribution is -2.29. The van der Waals surface area contributed by atoms with Crippen molar-refractivity contribution in [2.45, 2.75) is 25.4 Å². The Labute approximate surface area is 111 Å². The second kappa shape index (κ2) is 6.15. The summed E-state index contributed by atoms with van der Waals surface area (Å²) in [6.45, 7) is 5.98. The summed E-state index contributed by atoms with van der Waals surface area (Å²) in [5.41, 5.74) is 0. The van der Waals surface area contributed by atoms with Crippen molar-refractivity contribution >= 4 is 22.7 Å². The molecule has 1 nitrogen and oxygen atoms in total. The highest BCUT2D eigenvalue weighted by Gasteiger charge is 2.15. The van der Waals surface area contributed by atoms with Gasteiger partial charge in [0, 0.05) is 28.3 Å². The van der Waals surface area contributed by atoms with E-state index in [2.05, 4.69) is 53.8 Å². The average molecular weight is 263 g/mol. The van der Waals surface area contributed by atoms with Gasteiger partial charge in [-0.15, -0.1) is 29.3 Å². The number of hydrogen-bond acceptors (Lipinski definition) is 3. The predicted molar refractivity (Wildman–Crippen MR) is 77.9 cm³/mol. The van der Waals surface area contributed by atoms with Gasteiger partial charge in [0.2, 0.25) is 0 Å². The third-order valence-electron chi connectivity index (χ3n) is 2.69. The van der Waals surface area contributed by atoms with Gasteiger partial charge in [-0.05, 0) is 29.8 Å². The molecule has 0 bridgehead atoms. The molecule has 1 N–H and O–H groups in total. The lowest BCUT2D eigenvalue weighted by Gasteiger charge is -2.20. The van der Waals surface area contributed by atoms with Gasteiger partial charge in [-0.3, -0.25) is 0 Å². The van der Waals surface area contributed by atoms with Crippen molar-refractivity contribution < 1.29 is 0 Å². The molecule has 0 saturated heterocycles. The molecule has 2 aromatic rings. The van der Waals surface area contributed by atoms with Gasteiger partial charge in [-0.2, -0.15) is 0 Å². The fourth-order valence-corrected chi connectivity index (χ4v) is 3.29. The Morgan fingerprint density at radius 1 is 1.29 bits per heavy atom. The van der Waals surface area contributed by atoms with Crippen molar-refractivity contribution in [3.63, 3.8) is 0 Å². The molecule has 2 atom stereocenters. The van der Waals surface area contributed by atoms with Crippen LogP contribution in [0.1, 0.15) is 22.7 Å². The van der Waals surface area contributed by atoms with Crippen molar-refractivity contribution in [1.82, 2.24) is 5.32 Å². The lowest BCUT2D eigenvalue weighted by atomic mass is 10.1. The summed E-state index contributed by atoms with van der Waals surface area (Å²) in [4.78, 5) is 2.82. The van der Waals surface area contributed by atoms with Crippen molar-refractivity contribution in [2.24, 2.45) is 0 Å². The number of nitrogens with one attached hydrogen (secondary N) is 1. The molecule has 0 aromatic carbocycles. The quantitative estimate of drug-likeness (QED) is 0.768. The van der Waals surface area contributed by atoms with Crippen molar-refractivity contribution in [3.8, 4) is 0 Å². The second-order valence-corrected chi connectivity index (χ2v) is 6.05. The number of rotatable bonds is 6. The number of hydrogen-bond donors (Lipinski definition) is 1. The summed E-state index contributed by atoms with van der Waals surface area (Å²) in [5, 5.41) is 7.88. The molecule has 0 fully saturated rings. The van der Waals surface area contributed by atoms with Gasteiger partial charge in [0.25, 0.3) is 0 Å². The van der Waals surface area contributed by atoms with Crippen molar-refractivity contribution in [3.05, 3.63) is 57.4 Å². The minimum Gasteiger partial charge on any atom is -0.303 e. The third-order valence-corrected chi connectivity index (χ3v) is 4.57. The summed E-state index contributed by atoms with van der Waals surface area (Å²) in [7, 11) is 0. The summed E-state index contributed by atoms with van der Waals surface area (Å²) in [6, 6.07) is 9.35. The Balaban J connectivity index is 2.10. The normalized spacial score (nSPS) is 14.4. The van der Waals surface area contributed by atoms with Gasteiger partial charge in [0.15, 0.2) is 0 Å². The van der Waals surface area contributed by atoms with Crippen LogP contribution in [0.5, 0.6) is 0 Å². The summed E-state index contributed by atoms with van der Waals surface area (Å²) < 4.78 is 0. The summed E-state index contributed by atoms with van der Waals surface area (Å²) >= 11 is 3.64. The zero-order valence-corrected chi connectivity index (χ0v) is 11.6. The van der Waals surface area contributed by atoms with E-state index in [1.807, 2.05) is 28.7 Å². The second-order valence-electron chi connectivity index (χ2n) is 4.04. The number of thiophene rings is 2. The Bertz CT molecular complexity index is 431. The minimum absolute atomic E-state index is 0.335. The first-order valence-electron chi connectivity index (χ1n) is 5.74. The van der Waals surface area contributed by atoms with Gasteiger partial charge in [0.05, 0.1) is 0 Å². The van der Waals surface area contributed by atoms with E-state index in [0.717, 1.165) is 6.42 Å². The van der Waals surface area contributed by atoms with E-state index in [0.29, 0.717) is 12.1 Å². The van der Waals surface area contributed by atoms with E-state index in [1.54, 1.807) is 0 Å². The molecule has 0 radical (unpaired) electrons. The highest BCUT2D eigenvalue weighted by atomic mass is 32.1. The standard InChI is InChI=1S/C14H17NS2/c1-3-11(2)15-13(14-7-5-9-17-14)10-12-6-4-8-16-12/h3-9,11,13,15H,1,10H2,2H3. The maximum absolute atomic E-state index is 3.84. The van der Waals surface area contributed by atoms with Crippen LogP contribution < -0.4 is 5.32 Å². The van der Waals surface area contributed by atoms with Crippen LogP contribution >= 0.6 is 22.7 Å². The Morgan fingerprint density at radius 3 is 2.65 bits per heavy atom. The van der Waals surface area contributed by atoms with Crippen LogP contribution in [-0.2, 0) is 6.42 Å². The topological polar surface area (TPSA) is 12.0 Å². The molecule has 0 aliphatic heterocycles. The van der Waals surface area contributed by atoms with Crippen LogP contribution in [0.3, 0.4) is 0 Å². The molecular weight excluding hydrogens is 246 g/mol. The molecule has 2 heterocycles. The van der Waals surface area contributed by atoms with E-state index < -0.39 is 0 Å². The van der Waals surface area contributed by atoms with E-state index in [-0.39, 0.29) is 0 Å². The van der Waals surface area contributed by atoms with Gasteiger partial charge < -0.3 is 5.32 Å². The molecular formula is C14H17NS2. The molecule has 0 spiro atoms. The highest BCUT2D eigenvalue weighted by molar-refractivity contribution is 7.10. The maximum Gasteiger partial charge on any atom is 0.0468 e. The fraction of sp³-hybridized carbons (Fsp3) is 0.286. The van der Waals surface area contributed by atoms with Gasteiger partial charge in [0.1, 0.15) is 0 Å². The summed E-state index contributed by atoms with van der Waals surface area (Å²) in [6.07, 6.45) is 3.01. The predicted octanol–water partition coefficient (Wildman–Crippen LogP) is 4.26. The molecule has 0 amide bonds. The molecule has 90 valence electrons.